The van der Waals surface area contributed by atoms with Gasteiger partial charge in [-0.25, -0.2) is 9.59 Å². The van der Waals surface area contributed by atoms with E-state index in [0.717, 1.165) is 5.56 Å². The first kappa shape index (κ1) is 19.7. The Morgan fingerprint density at radius 2 is 1.85 bits per heavy atom. The second kappa shape index (κ2) is 9.17. The summed E-state index contributed by atoms with van der Waals surface area (Å²) < 4.78 is 15.3. The molecule has 1 saturated heterocycles. The summed E-state index contributed by atoms with van der Waals surface area (Å²) in [6, 6.07) is 4.99. The number of urea groups is 1. The Hall–Kier alpha value is -2.64. The molecule has 2 N–H and O–H groups in total. The van der Waals surface area contributed by atoms with Crippen LogP contribution in [0.4, 0.5) is 9.59 Å². The summed E-state index contributed by atoms with van der Waals surface area (Å²) in [6.45, 7) is 3.02. The first-order valence-corrected chi connectivity index (χ1v) is 8.60. The normalized spacial score (nSPS) is 15.8. The molecule has 8 nitrogen and oxygen atoms in total. The molecule has 2 rings (SSSR count). The lowest BCUT2D eigenvalue weighted by Crippen LogP contribution is -2.49. The van der Waals surface area contributed by atoms with Crippen molar-refractivity contribution in [3.05, 3.63) is 23.8 Å². The number of hydrogen-bond acceptors (Lipinski definition) is 5. The van der Waals surface area contributed by atoms with Crippen LogP contribution < -0.4 is 20.1 Å². The van der Waals surface area contributed by atoms with Crippen LogP contribution in [0.15, 0.2) is 18.2 Å². The van der Waals surface area contributed by atoms with Crippen molar-refractivity contribution in [1.29, 1.82) is 0 Å². The van der Waals surface area contributed by atoms with Crippen LogP contribution in [0.5, 0.6) is 11.5 Å². The third-order valence-electron chi connectivity index (χ3n) is 4.51. The molecular weight excluding hydrogens is 338 g/mol. The highest BCUT2D eigenvalue weighted by atomic mass is 16.5. The molecule has 0 aliphatic carbocycles. The van der Waals surface area contributed by atoms with Gasteiger partial charge in [0.15, 0.2) is 0 Å². The van der Waals surface area contributed by atoms with Crippen LogP contribution in [-0.4, -0.2) is 57.5 Å². The Balaban J connectivity index is 1.89. The second-order valence-corrected chi connectivity index (χ2v) is 6.18. The molecule has 1 aliphatic heterocycles. The van der Waals surface area contributed by atoms with E-state index in [1.807, 2.05) is 25.1 Å². The van der Waals surface area contributed by atoms with Gasteiger partial charge in [-0.3, -0.25) is 0 Å². The van der Waals surface area contributed by atoms with Gasteiger partial charge in [0, 0.05) is 24.7 Å². The summed E-state index contributed by atoms with van der Waals surface area (Å²) in [6.07, 6.45) is 1.06. The van der Waals surface area contributed by atoms with E-state index in [9.17, 15) is 9.59 Å². The van der Waals surface area contributed by atoms with Gasteiger partial charge >= 0.3 is 12.1 Å². The number of carbonyl (C=O) groups is 2. The number of likely N-dealkylation sites (tertiary alicyclic amines) is 1. The standard InChI is InChI=1S/C18H27N3O5/c1-12(15-11-14(24-2)5-6-16(15)25-3)19-17(22)20-13-7-9-21(10-8-13)18(23)26-4/h5-6,11-13H,7-10H2,1-4H3,(H2,19,20,22). The number of nitrogens with one attached hydrogen (secondary N) is 2. The van der Waals surface area contributed by atoms with Crippen molar-refractivity contribution in [1.82, 2.24) is 15.5 Å². The molecule has 0 radical (unpaired) electrons. The molecule has 1 fully saturated rings. The number of amides is 3. The Morgan fingerprint density at radius 1 is 1.15 bits per heavy atom. The quantitative estimate of drug-likeness (QED) is 0.836. The molecule has 0 aromatic heterocycles. The fourth-order valence-electron chi connectivity index (χ4n) is 3.01. The van der Waals surface area contributed by atoms with Crippen molar-refractivity contribution in [2.45, 2.75) is 31.8 Å². The molecule has 1 atom stereocenters. The lowest BCUT2D eigenvalue weighted by molar-refractivity contribution is 0.110. The van der Waals surface area contributed by atoms with E-state index >= 15 is 0 Å². The van der Waals surface area contributed by atoms with Crippen LogP contribution in [-0.2, 0) is 4.74 Å². The minimum atomic E-state index is -0.327. The highest BCUT2D eigenvalue weighted by Crippen LogP contribution is 2.29. The van der Waals surface area contributed by atoms with Crippen LogP contribution in [0.25, 0.3) is 0 Å². The van der Waals surface area contributed by atoms with Gasteiger partial charge in [-0.1, -0.05) is 0 Å². The van der Waals surface area contributed by atoms with Gasteiger partial charge in [0.2, 0.25) is 0 Å². The van der Waals surface area contributed by atoms with Crippen LogP contribution in [0.1, 0.15) is 31.4 Å². The SMILES string of the molecule is COC(=O)N1CCC(NC(=O)NC(C)c2cc(OC)ccc2OC)CC1. The highest BCUT2D eigenvalue weighted by Gasteiger charge is 2.25. The maximum absolute atomic E-state index is 12.3. The third kappa shape index (κ3) is 4.93. The summed E-state index contributed by atoms with van der Waals surface area (Å²) in [4.78, 5) is 25.5. The fraction of sp³-hybridized carbons (Fsp3) is 0.556. The number of benzene rings is 1. The predicted molar refractivity (Wildman–Crippen MR) is 96.6 cm³/mol. The van der Waals surface area contributed by atoms with Crippen molar-refractivity contribution < 1.29 is 23.8 Å². The molecular formula is C18H27N3O5. The number of carbonyl (C=O) groups excluding carboxylic acids is 2. The van der Waals surface area contributed by atoms with Crippen LogP contribution >= 0.6 is 0 Å². The number of hydrogen-bond donors (Lipinski definition) is 2. The van der Waals surface area contributed by atoms with E-state index in [4.69, 9.17) is 14.2 Å². The third-order valence-corrected chi connectivity index (χ3v) is 4.51. The van der Waals surface area contributed by atoms with Gasteiger partial charge in [-0.2, -0.15) is 0 Å². The zero-order valence-electron chi connectivity index (χ0n) is 15.7. The monoisotopic (exact) mass is 365 g/mol. The molecule has 8 heteroatoms. The van der Waals surface area contributed by atoms with Gasteiger partial charge in [0.05, 0.1) is 27.4 Å². The first-order chi connectivity index (χ1) is 12.5. The zero-order valence-corrected chi connectivity index (χ0v) is 15.7. The number of rotatable bonds is 5. The number of ether oxygens (including phenoxy) is 3. The topological polar surface area (TPSA) is 89.1 Å². The fourth-order valence-corrected chi connectivity index (χ4v) is 3.01. The average Bonchev–Trinajstić information content (AvgIpc) is 2.67. The molecule has 1 aromatic carbocycles. The van der Waals surface area contributed by atoms with E-state index in [-0.39, 0.29) is 24.2 Å². The van der Waals surface area contributed by atoms with E-state index < -0.39 is 0 Å². The van der Waals surface area contributed by atoms with E-state index in [1.165, 1.54) is 7.11 Å². The smallest absolute Gasteiger partial charge is 0.409 e. The lowest BCUT2D eigenvalue weighted by atomic mass is 10.1. The highest BCUT2D eigenvalue weighted by molar-refractivity contribution is 5.75. The number of piperidine rings is 1. The van der Waals surface area contributed by atoms with Crippen molar-refractivity contribution in [2.75, 3.05) is 34.4 Å². The summed E-state index contributed by atoms with van der Waals surface area (Å²) in [7, 11) is 4.55. The number of nitrogens with zero attached hydrogens (tertiary/aromatic N) is 1. The zero-order chi connectivity index (χ0) is 19.1. The Kier molecular flexibility index (Phi) is 6.94. The van der Waals surface area contributed by atoms with E-state index in [1.54, 1.807) is 19.1 Å². The maximum atomic E-state index is 12.3. The number of methoxy groups -OCH3 is 3. The van der Waals surface area contributed by atoms with Crippen LogP contribution in [0.2, 0.25) is 0 Å². The minimum absolute atomic E-state index is 0.0234. The molecule has 0 saturated carbocycles. The van der Waals surface area contributed by atoms with Crippen LogP contribution in [0, 0.1) is 0 Å². The van der Waals surface area contributed by atoms with E-state index in [2.05, 4.69) is 10.6 Å². The Bertz CT molecular complexity index is 629. The summed E-state index contributed by atoms with van der Waals surface area (Å²) in [5, 5.41) is 5.89. The van der Waals surface area contributed by atoms with Crippen molar-refractivity contribution in [3.8, 4) is 11.5 Å². The Labute approximate surface area is 153 Å². The molecule has 26 heavy (non-hydrogen) atoms. The maximum Gasteiger partial charge on any atom is 0.409 e. The van der Waals surface area contributed by atoms with Crippen molar-refractivity contribution in [2.24, 2.45) is 0 Å². The molecule has 0 spiro atoms. The molecule has 0 bridgehead atoms. The largest absolute Gasteiger partial charge is 0.497 e. The van der Waals surface area contributed by atoms with Gasteiger partial charge in [0.25, 0.3) is 0 Å². The molecule has 144 valence electrons. The van der Waals surface area contributed by atoms with Gasteiger partial charge in [0.1, 0.15) is 11.5 Å². The molecule has 1 aliphatic rings. The minimum Gasteiger partial charge on any atom is -0.497 e. The van der Waals surface area contributed by atoms with E-state index in [0.29, 0.717) is 37.4 Å². The lowest BCUT2D eigenvalue weighted by Gasteiger charge is -2.31. The molecule has 1 aromatic rings. The molecule has 1 heterocycles. The van der Waals surface area contributed by atoms with Crippen molar-refractivity contribution >= 4 is 12.1 Å². The average molecular weight is 365 g/mol. The summed E-state index contributed by atoms with van der Waals surface area (Å²) in [5.41, 5.74) is 0.836. The predicted octanol–water partition coefficient (Wildman–Crippen LogP) is 2.29. The van der Waals surface area contributed by atoms with Gasteiger partial charge in [-0.15, -0.1) is 0 Å². The first-order valence-electron chi connectivity index (χ1n) is 8.60. The molecule has 1 unspecified atom stereocenters. The summed E-state index contributed by atoms with van der Waals surface area (Å²) in [5.74, 6) is 1.38. The molecule has 3 amide bonds. The second-order valence-electron chi connectivity index (χ2n) is 6.18. The van der Waals surface area contributed by atoms with Gasteiger partial charge < -0.3 is 29.7 Å². The van der Waals surface area contributed by atoms with Crippen molar-refractivity contribution in [3.63, 3.8) is 0 Å². The van der Waals surface area contributed by atoms with Crippen LogP contribution in [0.3, 0.4) is 0 Å². The summed E-state index contributed by atoms with van der Waals surface area (Å²) >= 11 is 0. The Morgan fingerprint density at radius 3 is 2.42 bits per heavy atom. The van der Waals surface area contributed by atoms with Gasteiger partial charge in [-0.05, 0) is 38.0 Å².